The van der Waals surface area contributed by atoms with Crippen molar-refractivity contribution in [1.82, 2.24) is 9.47 Å². The van der Waals surface area contributed by atoms with E-state index in [1.165, 1.54) is 19.3 Å². The van der Waals surface area contributed by atoms with Gasteiger partial charge in [-0.25, -0.2) is 0 Å². The molecule has 1 aliphatic heterocycles. The number of carbonyl (C=O) groups excluding carboxylic acids is 2. The van der Waals surface area contributed by atoms with Gasteiger partial charge in [0, 0.05) is 48.7 Å². The zero-order chi connectivity index (χ0) is 21.9. The summed E-state index contributed by atoms with van der Waals surface area (Å²) in [5.74, 6) is 2.39. The molecular weight excluding hydrogens is 402 g/mol. The molecule has 1 aromatic carbocycles. The number of aryl methyl sites for hydroxylation is 1. The molecule has 5 fully saturated rings. The first-order valence-corrected chi connectivity index (χ1v) is 12.2. The number of rotatable bonds is 6. The van der Waals surface area contributed by atoms with Gasteiger partial charge in [0.15, 0.2) is 0 Å². The highest BCUT2D eigenvalue weighted by Crippen LogP contribution is 2.65. The van der Waals surface area contributed by atoms with Crippen molar-refractivity contribution >= 4 is 28.3 Å². The van der Waals surface area contributed by atoms with Crippen molar-refractivity contribution in [3.05, 3.63) is 40.8 Å². The van der Waals surface area contributed by atoms with Gasteiger partial charge in [-0.05, 0) is 80.9 Å². The van der Waals surface area contributed by atoms with E-state index in [1.54, 1.807) is 4.57 Å². The highest BCUT2D eigenvalue weighted by molar-refractivity contribution is 6.04. The molecule has 4 bridgehead atoms. The number of anilines is 1. The Kier molecular flexibility index (Phi) is 4.67. The van der Waals surface area contributed by atoms with Gasteiger partial charge in [-0.1, -0.05) is 6.07 Å². The number of likely N-dealkylation sites (tertiary alicyclic amines) is 1. The van der Waals surface area contributed by atoms with Gasteiger partial charge in [0.05, 0.1) is 5.41 Å². The van der Waals surface area contributed by atoms with Crippen LogP contribution in [0.1, 0.15) is 51.4 Å². The Bertz CT molecular complexity index is 1140. The first-order chi connectivity index (χ1) is 15.5. The monoisotopic (exact) mass is 433 g/mol. The summed E-state index contributed by atoms with van der Waals surface area (Å²) in [4.78, 5) is 40.2. The summed E-state index contributed by atoms with van der Waals surface area (Å²) in [5, 5.41) is 4.68. The lowest BCUT2D eigenvalue weighted by molar-refractivity contribution is -0.128. The summed E-state index contributed by atoms with van der Waals surface area (Å²) in [6, 6.07) is 7.57. The Balaban J connectivity index is 1.20. The average molecular weight is 434 g/mol. The van der Waals surface area contributed by atoms with Gasteiger partial charge in [0.1, 0.15) is 0 Å². The highest BCUT2D eigenvalue weighted by Gasteiger charge is 2.61. The highest BCUT2D eigenvalue weighted by atomic mass is 16.2. The second-order valence-electron chi connectivity index (χ2n) is 10.6. The van der Waals surface area contributed by atoms with Crippen LogP contribution in [0.3, 0.4) is 0 Å². The molecule has 2 amide bonds. The Labute approximate surface area is 188 Å². The number of fused-ring (bicyclic) bond motifs is 1. The van der Waals surface area contributed by atoms with Gasteiger partial charge >= 0.3 is 0 Å². The van der Waals surface area contributed by atoms with Gasteiger partial charge in [-0.3, -0.25) is 14.4 Å². The molecule has 32 heavy (non-hydrogen) atoms. The Morgan fingerprint density at radius 2 is 1.84 bits per heavy atom. The second kappa shape index (κ2) is 7.46. The van der Waals surface area contributed by atoms with Crippen molar-refractivity contribution in [3.8, 4) is 0 Å². The number of nitrogens with zero attached hydrogens (tertiary/aromatic N) is 2. The molecule has 2 aromatic rings. The van der Waals surface area contributed by atoms with Crippen LogP contribution in [0.15, 0.2) is 35.3 Å². The number of aromatic nitrogens is 1. The third-order valence-electron chi connectivity index (χ3n) is 8.71. The maximum atomic E-state index is 13.4. The first-order valence-electron chi connectivity index (χ1n) is 12.2. The number of carbonyl (C=O) groups is 2. The average Bonchev–Trinajstić information content (AvgIpc) is 3.38. The quantitative estimate of drug-likeness (QED) is 0.754. The van der Waals surface area contributed by atoms with Crippen LogP contribution in [-0.4, -0.2) is 34.4 Å². The maximum absolute atomic E-state index is 13.4. The minimum absolute atomic E-state index is 0.0367. The molecule has 4 aliphatic carbocycles. The van der Waals surface area contributed by atoms with E-state index in [0.29, 0.717) is 30.8 Å². The number of hydrogen-bond acceptors (Lipinski definition) is 3. The van der Waals surface area contributed by atoms with E-state index in [2.05, 4.69) is 5.32 Å². The van der Waals surface area contributed by atoms with E-state index in [-0.39, 0.29) is 22.8 Å². The number of hydrogen-bond donors (Lipinski definition) is 1. The third-order valence-corrected chi connectivity index (χ3v) is 8.71. The summed E-state index contributed by atoms with van der Waals surface area (Å²) in [7, 11) is 0. The maximum Gasteiger partial charge on any atom is 0.258 e. The number of pyridine rings is 1. The minimum atomic E-state index is -0.183. The standard InChI is InChI=1S/C26H31N3O3/c30-23-6-2-8-28(23)9-3-10-29-11-7-20-21(24(29)31)4-1-5-22(20)27-25(32)26-15-17-12-18(16-26)14-19(26)13-17/h1,4-5,7,11,17-19H,2-3,6,8-10,12-16H2,(H,27,32)/t17-,18+,19+,26-. The molecular formula is C26H31N3O3. The molecule has 4 atom stereocenters. The van der Waals surface area contributed by atoms with Crippen molar-refractivity contribution in [3.63, 3.8) is 0 Å². The molecule has 6 nitrogen and oxygen atoms in total. The molecule has 1 aromatic heterocycles. The number of benzene rings is 1. The van der Waals surface area contributed by atoms with Crippen LogP contribution in [0.25, 0.3) is 10.8 Å². The van der Waals surface area contributed by atoms with Crippen LogP contribution in [0.2, 0.25) is 0 Å². The molecule has 168 valence electrons. The fourth-order valence-corrected chi connectivity index (χ4v) is 7.39. The largest absolute Gasteiger partial charge is 0.343 e. The van der Waals surface area contributed by atoms with Crippen LogP contribution in [-0.2, 0) is 16.1 Å². The summed E-state index contributed by atoms with van der Waals surface area (Å²) in [6.45, 7) is 2.12. The van der Waals surface area contributed by atoms with Crippen molar-refractivity contribution in [1.29, 1.82) is 0 Å². The fourth-order valence-electron chi connectivity index (χ4n) is 7.39. The first kappa shape index (κ1) is 20.0. The summed E-state index contributed by atoms with van der Waals surface area (Å²) >= 11 is 0. The van der Waals surface area contributed by atoms with Crippen LogP contribution in [0.4, 0.5) is 5.69 Å². The summed E-state index contributed by atoms with van der Waals surface area (Å²) in [6.07, 6.45) is 9.99. The normalized spacial score (nSPS) is 30.6. The number of nitrogens with one attached hydrogen (secondary N) is 1. The van der Waals surface area contributed by atoms with Gasteiger partial charge in [0.2, 0.25) is 11.8 Å². The second-order valence-corrected chi connectivity index (χ2v) is 10.6. The summed E-state index contributed by atoms with van der Waals surface area (Å²) in [5.41, 5.74) is 0.531. The molecule has 0 unspecified atom stereocenters. The van der Waals surface area contributed by atoms with Crippen molar-refractivity contribution < 1.29 is 9.59 Å². The van der Waals surface area contributed by atoms with E-state index in [9.17, 15) is 14.4 Å². The van der Waals surface area contributed by atoms with Gasteiger partial charge in [0.25, 0.3) is 5.56 Å². The third kappa shape index (κ3) is 3.10. The molecule has 7 rings (SSSR count). The Morgan fingerprint density at radius 3 is 2.59 bits per heavy atom. The summed E-state index contributed by atoms with van der Waals surface area (Å²) < 4.78 is 1.73. The van der Waals surface area contributed by atoms with Gasteiger partial charge in [-0.15, -0.1) is 0 Å². The molecule has 2 heterocycles. The topological polar surface area (TPSA) is 71.4 Å². The zero-order valence-electron chi connectivity index (χ0n) is 18.5. The van der Waals surface area contributed by atoms with E-state index >= 15 is 0 Å². The predicted molar refractivity (Wildman–Crippen MR) is 123 cm³/mol. The Hall–Kier alpha value is -2.63. The molecule has 0 radical (unpaired) electrons. The number of amides is 2. The van der Waals surface area contributed by atoms with Crippen molar-refractivity contribution in [2.45, 2.75) is 57.9 Å². The molecule has 4 saturated carbocycles. The van der Waals surface area contributed by atoms with Crippen LogP contribution < -0.4 is 10.9 Å². The zero-order valence-corrected chi connectivity index (χ0v) is 18.5. The lowest BCUT2D eigenvalue weighted by atomic mass is 9.75. The van der Waals surface area contributed by atoms with Crippen molar-refractivity contribution in [2.24, 2.45) is 23.2 Å². The van der Waals surface area contributed by atoms with E-state index < -0.39 is 0 Å². The molecule has 6 heteroatoms. The lowest BCUT2D eigenvalue weighted by Crippen LogP contribution is -2.37. The fraction of sp³-hybridized carbons (Fsp3) is 0.577. The van der Waals surface area contributed by atoms with Crippen molar-refractivity contribution in [2.75, 3.05) is 18.4 Å². The van der Waals surface area contributed by atoms with E-state index in [4.69, 9.17) is 0 Å². The van der Waals surface area contributed by atoms with E-state index in [1.807, 2.05) is 35.4 Å². The smallest absolute Gasteiger partial charge is 0.258 e. The SMILES string of the molecule is O=C1CCCN1CCCn1ccc2c(NC(=O)[C@@]34C[C@@H]5C[C@@H](C[C@@H]3C5)C4)cccc2c1=O. The minimum Gasteiger partial charge on any atom is -0.343 e. The van der Waals surface area contributed by atoms with Gasteiger partial charge in [-0.2, -0.15) is 0 Å². The molecule has 1 N–H and O–H groups in total. The molecule has 5 aliphatic rings. The molecule has 1 saturated heterocycles. The lowest BCUT2D eigenvalue weighted by Gasteiger charge is -2.31. The van der Waals surface area contributed by atoms with Crippen LogP contribution in [0, 0.1) is 23.2 Å². The van der Waals surface area contributed by atoms with Gasteiger partial charge < -0.3 is 14.8 Å². The Morgan fingerprint density at radius 1 is 1.03 bits per heavy atom. The van der Waals surface area contributed by atoms with Crippen LogP contribution >= 0.6 is 0 Å². The predicted octanol–water partition coefficient (Wildman–Crippen LogP) is 3.78. The van der Waals surface area contributed by atoms with Crippen LogP contribution in [0.5, 0.6) is 0 Å². The molecule has 0 spiro atoms. The van der Waals surface area contributed by atoms with E-state index in [0.717, 1.165) is 55.1 Å².